The predicted molar refractivity (Wildman–Crippen MR) is 216 cm³/mol. The molecule has 6 atom stereocenters. The molecule has 0 spiro atoms. The van der Waals surface area contributed by atoms with Gasteiger partial charge < -0.3 is 33.0 Å². The third-order valence-electron chi connectivity index (χ3n) is 11.1. The summed E-state index contributed by atoms with van der Waals surface area (Å²) in [6.45, 7) is 11.1. The van der Waals surface area contributed by atoms with Crippen LogP contribution in [-0.2, 0) is 24.1 Å². The lowest BCUT2D eigenvalue weighted by atomic mass is 9.79. The molecule has 0 amide bonds. The molecule has 2 bridgehead atoms. The van der Waals surface area contributed by atoms with Gasteiger partial charge in [0.05, 0.1) is 46.3 Å². The average molecular weight is 794 g/mol. The van der Waals surface area contributed by atoms with Crippen molar-refractivity contribution in [3.8, 4) is 17.6 Å². The number of ether oxygens (including phenoxy) is 4. The number of hydrogen-bond donors (Lipinski definition) is 2. The Morgan fingerprint density at radius 2 is 1.58 bits per heavy atom. The van der Waals surface area contributed by atoms with E-state index in [1.807, 2.05) is 66.7 Å². The molecule has 2 fully saturated rings. The molecule has 2 aromatic heterocycles. The lowest BCUT2D eigenvalue weighted by molar-refractivity contribution is -0.174. The number of aromatic amines is 1. The quantitative estimate of drug-likeness (QED) is 0.0541. The summed E-state index contributed by atoms with van der Waals surface area (Å²) < 4.78 is 43.9. The summed E-state index contributed by atoms with van der Waals surface area (Å²) in [6.07, 6.45) is 2.93. The van der Waals surface area contributed by atoms with Crippen LogP contribution >= 0.6 is 8.53 Å². The van der Waals surface area contributed by atoms with Gasteiger partial charge in [-0.2, -0.15) is 5.26 Å². The fourth-order valence-corrected chi connectivity index (χ4v) is 10.5. The number of nitriles is 1. The van der Waals surface area contributed by atoms with Crippen molar-refractivity contribution in [1.29, 1.82) is 10.7 Å². The number of aromatic nitrogens is 4. The summed E-state index contributed by atoms with van der Waals surface area (Å²) in [5.74, 6) is 1.35. The van der Waals surface area contributed by atoms with E-state index < -0.39 is 32.1 Å². The van der Waals surface area contributed by atoms with Crippen molar-refractivity contribution in [2.75, 3.05) is 27.4 Å². The first-order valence-corrected chi connectivity index (χ1v) is 20.6. The number of nitrogens with one attached hydrogen (secondary N) is 2. The third kappa shape index (κ3) is 7.58. The topological polar surface area (TPSA) is 153 Å². The van der Waals surface area contributed by atoms with Crippen LogP contribution in [0.25, 0.3) is 11.2 Å². The van der Waals surface area contributed by atoms with E-state index in [0.717, 1.165) is 28.2 Å². The number of fused-ring (bicyclic) bond motifs is 3. The largest absolute Gasteiger partial charge is 0.497 e. The molecule has 1 aliphatic carbocycles. The fourth-order valence-electron chi connectivity index (χ4n) is 8.65. The van der Waals surface area contributed by atoms with E-state index in [1.165, 1.54) is 0 Å². The van der Waals surface area contributed by atoms with Crippen molar-refractivity contribution in [2.45, 2.75) is 83.1 Å². The molecule has 14 heteroatoms. The summed E-state index contributed by atoms with van der Waals surface area (Å²) in [7, 11) is 1.65. The zero-order valence-corrected chi connectivity index (χ0v) is 34.5. The normalized spacial score (nSPS) is 22.4. The van der Waals surface area contributed by atoms with E-state index in [4.69, 9.17) is 28.0 Å². The second kappa shape index (κ2) is 17.0. The van der Waals surface area contributed by atoms with Crippen molar-refractivity contribution in [2.24, 2.45) is 11.8 Å². The van der Waals surface area contributed by atoms with Crippen LogP contribution in [0.15, 0.2) is 91.5 Å². The van der Waals surface area contributed by atoms with Crippen LogP contribution in [0.1, 0.15) is 70.4 Å². The number of methoxy groups -OCH3 is 2. The van der Waals surface area contributed by atoms with E-state index >= 15 is 0 Å². The minimum absolute atomic E-state index is 0.0932. The van der Waals surface area contributed by atoms with Crippen molar-refractivity contribution < 1.29 is 28.0 Å². The number of rotatable bonds is 17. The Morgan fingerprint density at radius 3 is 2.16 bits per heavy atom. The Balaban J connectivity index is 1.38. The van der Waals surface area contributed by atoms with Gasteiger partial charge in [0.15, 0.2) is 11.1 Å². The molecule has 300 valence electrons. The summed E-state index contributed by atoms with van der Waals surface area (Å²) in [4.78, 5) is 12.0. The molecule has 57 heavy (non-hydrogen) atoms. The van der Waals surface area contributed by atoms with Gasteiger partial charge >= 0.3 is 0 Å². The summed E-state index contributed by atoms with van der Waals surface area (Å²) >= 11 is 0. The Morgan fingerprint density at radius 1 is 0.965 bits per heavy atom. The van der Waals surface area contributed by atoms with Crippen molar-refractivity contribution in [3.05, 3.63) is 114 Å². The molecule has 1 aliphatic heterocycles. The van der Waals surface area contributed by atoms with Gasteiger partial charge in [-0.25, -0.2) is 14.6 Å². The predicted octanol–water partition coefficient (Wildman–Crippen LogP) is 7.85. The minimum Gasteiger partial charge on any atom is -0.497 e. The Bertz CT molecular complexity index is 2150. The fraction of sp³-hybridized carbons (Fsp3) is 0.442. The van der Waals surface area contributed by atoms with Gasteiger partial charge in [-0.1, -0.05) is 61.5 Å². The summed E-state index contributed by atoms with van der Waals surface area (Å²) in [5, 5.41) is 18.7. The molecule has 0 unspecified atom stereocenters. The maximum Gasteiger partial charge on any atom is 0.259 e. The van der Waals surface area contributed by atoms with Gasteiger partial charge in [0.1, 0.15) is 46.9 Å². The van der Waals surface area contributed by atoms with Crippen LogP contribution in [0.2, 0.25) is 0 Å². The number of nitrogens with zero attached hydrogens (tertiary/aromatic N) is 5. The highest BCUT2D eigenvalue weighted by atomic mass is 31.2. The Kier molecular flexibility index (Phi) is 12.1. The van der Waals surface area contributed by atoms with Gasteiger partial charge in [-0.15, -0.1) is 0 Å². The van der Waals surface area contributed by atoms with Crippen molar-refractivity contribution in [1.82, 2.24) is 24.2 Å². The molecule has 1 saturated heterocycles. The smallest absolute Gasteiger partial charge is 0.259 e. The molecule has 13 nitrogen and oxygen atoms in total. The second-order valence-electron chi connectivity index (χ2n) is 15.3. The molecule has 1 saturated carbocycles. The van der Waals surface area contributed by atoms with Crippen LogP contribution in [0.3, 0.4) is 0 Å². The maximum atomic E-state index is 9.46. The first-order valence-electron chi connectivity index (χ1n) is 19.4. The van der Waals surface area contributed by atoms with Gasteiger partial charge in [-0.3, -0.25) is 9.98 Å². The standard InChI is InChI=1S/C43H52N7O6P/c1-28(2)50(29(3)4)57(54-23-11-22-44)56-38-36-30(5)24-42(38,55-41(36)49-27-48-40-37(39(49)45)46-26-47-40)25-53-43(31-12-9-8-10-13-31,32-14-18-34(51-6)19-15-32)33-16-20-35(52-7)21-17-33/h8-10,12-21,26-30,36,38,41,45H,11,23-25H2,1-7H3,(H,46,47)/t30-,36-,38+,41-,42-,57+/m1/s1. The van der Waals surface area contributed by atoms with Gasteiger partial charge in [0.25, 0.3) is 8.53 Å². The summed E-state index contributed by atoms with van der Waals surface area (Å²) in [5.41, 5.74) is 1.82. The lowest BCUT2D eigenvalue weighted by Crippen LogP contribution is -2.47. The van der Waals surface area contributed by atoms with E-state index in [1.54, 1.807) is 31.4 Å². The van der Waals surface area contributed by atoms with E-state index in [2.05, 4.69) is 72.4 Å². The average Bonchev–Trinajstić information content (AvgIpc) is 3.89. The minimum atomic E-state index is -1.66. The zero-order chi connectivity index (χ0) is 40.3. The Hall–Kier alpha value is -4.67. The molecule has 2 N–H and O–H groups in total. The van der Waals surface area contributed by atoms with Crippen molar-refractivity contribution >= 4 is 19.7 Å². The molecular formula is C43H52N7O6P. The zero-order valence-electron chi connectivity index (χ0n) is 33.6. The van der Waals surface area contributed by atoms with E-state index in [0.29, 0.717) is 17.6 Å². The van der Waals surface area contributed by atoms with Crippen LogP contribution in [0.5, 0.6) is 11.5 Å². The first kappa shape index (κ1) is 40.5. The molecule has 7 rings (SSSR count). The van der Waals surface area contributed by atoms with E-state index in [-0.39, 0.29) is 49.0 Å². The number of benzene rings is 3. The Labute approximate surface area is 335 Å². The molecule has 3 aromatic carbocycles. The van der Waals surface area contributed by atoms with Crippen LogP contribution in [0, 0.1) is 28.6 Å². The highest BCUT2D eigenvalue weighted by molar-refractivity contribution is 7.44. The molecule has 2 aliphatic rings. The number of H-pyrrole nitrogens is 1. The maximum absolute atomic E-state index is 9.46. The third-order valence-corrected chi connectivity index (χ3v) is 13.3. The van der Waals surface area contributed by atoms with Crippen molar-refractivity contribution in [3.63, 3.8) is 0 Å². The molecule has 3 heterocycles. The highest BCUT2D eigenvalue weighted by Gasteiger charge is 2.66. The number of imidazole rings is 1. The van der Waals surface area contributed by atoms with E-state index in [9.17, 15) is 10.7 Å². The van der Waals surface area contributed by atoms with Crippen LogP contribution in [0.4, 0.5) is 0 Å². The highest BCUT2D eigenvalue weighted by Crippen LogP contribution is 2.62. The summed E-state index contributed by atoms with van der Waals surface area (Å²) in [6, 6.07) is 28.5. The van der Waals surface area contributed by atoms with Crippen LogP contribution in [-0.4, -0.2) is 75.4 Å². The SMILES string of the molecule is COc1ccc(C(OC[C@@]23C[C@@H](C)[C@@H]([C@H](n4cnc5nc[nH]c5c4=N)O2)[C@@H]3O[P@](OCCC#N)N(C(C)C)C(C)C)(c2ccccc2)c2ccc(OC)cc2)cc1. The monoisotopic (exact) mass is 793 g/mol. The first-order chi connectivity index (χ1) is 27.6. The lowest BCUT2D eigenvalue weighted by Gasteiger charge is -2.42. The molecular weight excluding hydrogens is 741 g/mol. The second-order valence-corrected chi connectivity index (χ2v) is 16.7. The van der Waals surface area contributed by atoms with Crippen LogP contribution < -0.4 is 15.0 Å². The molecule has 0 radical (unpaired) electrons. The van der Waals surface area contributed by atoms with Gasteiger partial charge in [0.2, 0.25) is 0 Å². The molecule has 5 aromatic rings. The van der Waals surface area contributed by atoms with Gasteiger partial charge in [-0.05, 0) is 81.0 Å². The number of hydrogen-bond acceptors (Lipinski definition) is 11. The van der Waals surface area contributed by atoms with Gasteiger partial charge in [0, 0.05) is 18.0 Å².